The molecule has 0 aliphatic heterocycles. The number of nitrogen functional groups attached to an aromatic ring is 1. The second kappa shape index (κ2) is 5.54. The Morgan fingerprint density at radius 1 is 1.14 bits per heavy atom. The van der Waals surface area contributed by atoms with Gasteiger partial charge in [-0.05, 0) is 55.7 Å². The summed E-state index contributed by atoms with van der Waals surface area (Å²) in [6.07, 6.45) is 1.37. The van der Waals surface area contributed by atoms with Crippen LogP contribution in [-0.4, -0.2) is 13.4 Å². The van der Waals surface area contributed by atoms with Crippen LogP contribution in [0.2, 0.25) is 5.15 Å². The zero-order chi connectivity index (χ0) is 15.8. The van der Waals surface area contributed by atoms with Crippen molar-refractivity contribution < 1.29 is 8.42 Å². The molecule has 1 aromatic carbocycles. The van der Waals surface area contributed by atoms with Gasteiger partial charge in [-0.3, -0.25) is 4.72 Å². The predicted octanol–water partition coefficient (Wildman–Crippen LogP) is 3.04. The van der Waals surface area contributed by atoms with Crippen LogP contribution in [0.3, 0.4) is 0 Å². The summed E-state index contributed by atoms with van der Waals surface area (Å²) >= 11 is 5.82. The van der Waals surface area contributed by atoms with Crippen LogP contribution >= 0.6 is 11.6 Å². The highest BCUT2D eigenvalue weighted by molar-refractivity contribution is 7.92. The molecule has 0 unspecified atom stereocenters. The Labute approximate surface area is 129 Å². The molecule has 1 aromatic heterocycles. The van der Waals surface area contributed by atoms with E-state index in [1.807, 2.05) is 13.8 Å². The largest absolute Gasteiger partial charge is 0.398 e. The van der Waals surface area contributed by atoms with E-state index in [-0.39, 0.29) is 4.90 Å². The molecule has 0 bridgehead atoms. The highest BCUT2D eigenvalue weighted by Gasteiger charge is 2.17. The van der Waals surface area contributed by atoms with Crippen LogP contribution in [-0.2, 0) is 10.0 Å². The summed E-state index contributed by atoms with van der Waals surface area (Å²) in [4.78, 5) is 4.04. The summed E-state index contributed by atoms with van der Waals surface area (Å²) in [5, 5.41) is 0.341. The number of aryl methyl sites for hydroxylation is 2. The van der Waals surface area contributed by atoms with Gasteiger partial charge in [0.15, 0.2) is 0 Å². The average molecular weight is 326 g/mol. The van der Waals surface area contributed by atoms with Gasteiger partial charge in [-0.15, -0.1) is 0 Å². The first-order valence-corrected chi connectivity index (χ1v) is 8.08. The van der Waals surface area contributed by atoms with Gasteiger partial charge in [0.2, 0.25) is 0 Å². The monoisotopic (exact) mass is 325 g/mol. The fraction of sp³-hybridized carbons (Fsp3) is 0.214. The van der Waals surface area contributed by atoms with Crippen LogP contribution in [0.15, 0.2) is 29.3 Å². The Kier molecular flexibility index (Phi) is 4.11. The second-order valence-corrected chi connectivity index (χ2v) is 6.93. The van der Waals surface area contributed by atoms with Crippen LogP contribution in [0.1, 0.15) is 16.7 Å². The third-order valence-corrected chi connectivity index (χ3v) is 5.01. The van der Waals surface area contributed by atoms with Crippen molar-refractivity contribution in [2.45, 2.75) is 25.7 Å². The average Bonchev–Trinajstić information content (AvgIpc) is 2.39. The van der Waals surface area contributed by atoms with E-state index in [9.17, 15) is 8.42 Å². The number of aromatic nitrogens is 1. The van der Waals surface area contributed by atoms with Crippen molar-refractivity contribution in [2.24, 2.45) is 0 Å². The Balaban J connectivity index is 2.40. The number of nitrogens with one attached hydrogen (secondary N) is 1. The number of rotatable bonds is 3. The Hall–Kier alpha value is -1.79. The Morgan fingerprint density at radius 2 is 1.81 bits per heavy atom. The van der Waals surface area contributed by atoms with E-state index in [2.05, 4.69) is 9.71 Å². The topological polar surface area (TPSA) is 85.1 Å². The van der Waals surface area contributed by atoms with E-state index in [1.165, 1.54) is 12.3 Å². The first-order valence-electron chi connectivity index (χ1n) is 6.22. The van der Waals surface area contributed by atoms with Crippen molar-refractivity contribution in [3.63, 3.8) is 0 Å². The molecule has 0 atom stereocenters. The standard InChI is InChI=1S/C14H16ClN3O2S/c1-8-5-12(6-13(16)10(8)3)21(19,20)18-11-4-9(2)14(15)17-7-11/h4-7,18H,16H2,1-3H3. The molecule has 0 aliphatic carbocycles. The molecule has 5 nitrogen and oxygen atoms in total. The molecule has 1 heterocycles. The number of pyridine rings is 1. The number of nitrogens with two attached hydrogens (primary N) is 1. The van der Waals surface area contributed by atoms with Gasteiger partial charge in [-0.2, -0.15) is 0 Å². The van der Waals surface area contributed by atoms with Gasteiger partial charge in [-0.25, -0.2) is 13.4 Å². The lowest BCUT2D eigenvalue weighted by Gasteiger charge is -2.12. The summed E-state index contributed by atoms with van der Waals surface area (Å²) in [5.41, 5.74) is 9.02. The van der Waals surface area contributed by atoms with Crippen LogP contribution in [0.25, 0.3) is 0 Å². The first kappa shape index (κ1) is 15.6. The number of sulfonamides is 1. The lowest BCUT2D eigenvalue weighted by molar-refractivity contribution is 0.601. The van der Waals surface area contributed by atoms with E-state index in [1.54, 1.807) is 19.1 Å². The highest BCUT2D eigenvalue weighted by atomic mass is 35.5. The van der Waals surface area contributed by atoms with E-state index in [0.717, 1.165) is 11.1 Å². The molecule has 0 amide bonds. The smallest absolute Gasteiger partial charge is 0.262 e. The summed E-state index contributed by atoms with van der Waals surface area (Å²) < 4.78 is 27.2. The zero-order valence-corrected chi connectivity index (χ0v) is 13.5. The molecule has 0 spiro atoms. The Bertz CT molecular complexity index is 781. The van der Waals surface area contributed by atoms with Gasteiger partial charge in [0.05, 0.1) is 16.8 Å². The van der Waals surface area contributed by atoms with Crippen molar-refractivity contribution in [1.82, 2.24) is 4.98 Å². The molecule has 0 saturated heterocycles. The van der Waals surface area contributed by atoms with E-state index < -0.39 is 10.0 Å². The SMILES string of the molecule is Cc1cc(NS(=O)(=O)c2cc(C)c(C)c(N)c2)cnc1Cl. The highest BCUT2D eigenvalue weighted by Crippen LogP contribution is 2.24. The minimum atomic E-state index is -3.72. The van der Waals surface area contributed by atoms with Gasteiger partial charge in [0.1, 0.15) is 5.15 Å². The van der Waals surface area contributed by atoms with Gasteiger partial charge in [0, 0.05) is 5.69 Å². The molecule has 0 saturated carbocycles. The lowest BCUT2D eigenvalue weighted by atomic mass is 10.1. The lowest BCUT2D eigenvalue weighted by Crippen LogP contribution is -2.14. The second-order valence-electron chi connectivity index (χ2n) is 4.89. The summed E-state index contributed by atoms with van der Waals surface area (Å²) in [5.74, 6) is 0. The van der Waals surface area contributed by atoms with Gasteiger partial charge >= 0.3 is 0 Å². The maximum atomic E-state index is 12.4. The molecule has 112 valence electrons. The van der Waals surface area contributed by atoms with E-state index in [0.29, 0.717) is 22.1 Å². The molecule has 7 heteroatoms. The molecule has 0 fully saturated rings. The van der Waals surface area contributed by atoms with Crippen molar-refractivity contribution >= 4 is 33.0 Å². The number of halogens is 1. The summed E-state index contributed by atoms with van der Waals surface area (Å²) in [6.45, 7) is 5.42. The number of hydrogen-bond acceptors (Lipinski definition) is 4. The van der Waals surface area contributed by atoms with Crippen molar-refractivity contribution in [3.05, 3.63) is 46.2 Å². The normalized spacial score (nSPS) is 11.4. The maximum absolute atomic E-state index is 12.4. The summed E-state index contributed by atoms with van der Waals surface area (Å²) in [6, 6.07) is 4.66. The Morgan fingerprint density at radius 3 is 2.38 bits per heavy atom. The summed E-state index contributed by atoms with van der Waals surface area (Å²) in [7, 11) is -3.72. The van der Waals surface area contributed by atoms with Crippen molar-refractivity contribution in [1.29, 1.82) is 0 Å². The molecule has 2 rings (SSSR count). The van der Waals surface area contributed by atoms with Crippen LogP contribution in [0.4, 0.5) is 11.4 Å². The van der Waals surface area contributed by atoms with Gasteiger partial charge in [-0.1, -0.05) is 11.6 Å². The van der Waals surface area contributed by atoms with Crippen molar-refractivity contribution in [2.75, 3.05) is 10.5 Å². The molecule has 2 aromatic rings. The van der Waals surface area contributed by atoms with Crippen LogP contribution < -0.4 is 10.5 Å². The van der Waals surface area contributed by atoms with Crippen molar-refractivity contribution in [3.8, 4) is 0 Å². The number of benzene rings is 1. The predicted molar refractivity (Wildman–Crippen MR) is 85.1 cm³/mol. The molecule has 0 radical (unpaired) electrons. The fourth-order valence-electron chi connectivity index (χ4n) is 1.84. The number of nitrogens with zero attached hydrogens (tertiary/aromatic N) is 1. The van der Waals surface area contributed by atoms with E-state index >= 15 is 0 Å². The molecular formula is C14H16ClN3O2S. The molecule has 3 N–H and O–H groups in total. The zero-order valence-electron chi connectivity index (χ0n) is 11.9. The fourth-order valence-corrected chi connectivity index (χ4v) is 3.09. The van der Waals surface area contributed by atoms with Crippen LogP contribution in [0, 0.1) is 20.8 Å². The quantitative estimate of drug-likeness (QED) is 0.671. The van der Waals surface area contributed by atoms with Gasteiger partial charge in [0.25, 0.3) is 10.0 Å². The van der Waals surface area contributed by atoms with Crippen LogP contribution in [0.5, 0.6) is 0 Å². The van der Waals surface area contributed by atoms with Gasteiger partial charge < -0.3 is 5.73 Å². The number of hydrogen-bond donors (Lipinski definition) is 2. The van der Waals surface area contributed by atoms with E-state index in [4.69, 9.17) is 17.3 Å². The molecule has 0 aliphatic rings. The minimum absolute atomic E-state index is 0.121. The minimum Gasteiger partial charge on any atom is -0.398 e. The molecular weight excluding hydrogens is 310 g/mol. The maximum Gasteiger partial charge on any atom is 0.262 e. The first-order chi connectivity index (χ1) is 9.70. The third-order valence-electron chi connectivity index (χ3n) is 3.26. The number of anilines is 2. The third kappa shape index (κ3) is 3.28. The molecule has 21 heavy (non-hydrogen) atoms.